The molecule has 2 rings (SSSR count). The van der Waals surface area contributed by atoms with E-state index in [0.29, 0.717) is 11.3 Å². The van der Waals surface area contributed by atoms with E-state index in [2.05, 4.69) is 15.0 Å². The number of ether oxygens (including phenoxy) is 2. The van der Waals surface area contributed by atoms with E-state index >= 15 is 0 Å². The normalized spacial score (nSPS) is 11.0. The first-order valence-corrected chi connectivity index (χ1v) is 7.23. The minimum Gasteiger partial charge on any atom is -0.497 e. The Morgan fingerprint density at radius 3 is 2.48 bits per heavy atom. The standard InChI is InChI=1S/C17H19F2N3O2.HI/c1-11-3-6-13(7-4-11)22-17(20)21-10-12-5-8-14(23-2)9-15(12)24-16(18)19;/h3-9,16H,10H2,1-2H3,(H3,20,21,22);1H. The minimum absolute atomic E-state index is 0. The number of nitrogens with zero attached hydrogens (tertiary/aromatic N) is 1. The van der Waals surface area contributed by atoms with Crippen LogP contribution in [0.15, 0.2) is 47.5 Å². The van der Waals surface area contributed by atoms with E-state index in [0.717, 1.165) is 11.3 Å². The summed E-state index contributed by atoms with van der Waals surface area (Å²) in [6.45, 7) is -0.852. The average Bonchev–Trinajstić information content (AvgIpc) is 2.55. The number of rotatable bonds is 6. The van der Waals surface area contributed by atoms with Gasteiger partial charge in [0.15, 0.2) is 5.96 Å². The first-order chi connectivity index (χ1) is 11.5. The number of nitrogens with two attached hydrogens (primary N) is 1. The van der Waals surface area contributed by atoms with Crippen LogP contribution in [-0.2, 0) is 6.54 Å². The van der Waals surface area contributed by atoms with Crippen LogP contribution in [0.25, 0.3) is 0 Å². The zero-order valence-corrected chi connectivity index (χ0v) is 16.2. The first-order valence-electron chi connectivity index (χ1n) is 7.23. The molecule has 5 nitrogen and oxygen atoms in total. The molecule has 0 spiro atoms. The number of aliphatic imine (C=N–C) groups is 1. The molecule has 0 saturated carbocycles. The Hall–Kier alpha value is -2.10. The molecule has 0 aliphatic rings. The van der Waals surface area contributed by atoms with Crippen LogP contribution in [-0.4, -0.2) is 19.7 Å². The van der Waals surface area contributed by atoms with E-state index < -0.39 is 6.61 Å². The summed E-state index contributed by atoms with van der Waals surface area (Å²) in [5, 5.41) is 2.94. The number of benzene rings is 2. The number of halogens is 3. The topological polar surface area (TPSA) is 68.9 Å². The van der Waals surface area contributed by atoms with Crippen LogP contribution in [0.5, 0.6) is 11.5 Å². The van der Waals surface area contributed by atoms with E-state index in [4.69, 9.17) is 10.5 Å². The van der Waals surface area contributed by atoms with Gasteiger partial charge in [-0.2, -0.15) is 8.78 Å². The maximum atomic E-state index is 12.5. The van der Waals surface area contributed by atoms with Crippen molar-refractivity contribution in [2.75, 3.05) is 12.4 Å². The van der Waals surface area contributed by atoms with Gasteiger partial charge in [-0.3, -0.25) is 0 Å². The van der Waals surface area contributed by atoms with Crippen LogP contribution < -0.4 is 20.5 Å². The van der Waals surface area contributed by atoms with Gasteiger partial charge < -0.3 is 20.5 Å². The van der Waals surface area contributed by atoms with Crippen LogP contribution in [0.3, 0.4) is 0 Å². The van der Waals surface area contributed by atoms with Crippen molar-refractivity contribution in [3.05, 3.63) is 53.6 Å². The molecular formula is C17H20F2IN3O2. The van der Waals surface area contributed by atoms with E-state index in [9.17, 15) is 8.78 Å². The highest BCUT2D eigenvalue weighted by Crippen LogP contribution is 2.27. The smallest absolute Gasteiger partial charge is 0.387 e. The van der Waals surface area contributed by atoms with Gasteiger partial charge in [-0.25, -0.2) is 4.99 Å². The lowest BCUT2D eigenvalue weighted by Gasteiger charge is -2.11. The van der Waals surface area contributed by atoms with Crippen molar-refractivity contribution in [3.8, 4) is 11.5 Å². The van der Waals surface area contributed by atoms with Crippen molar-refractivity contribution in [2.24, 2.45) is 10.7 Å². The Balaban J connectivity index is 0.00000312. The second kappa shape index (κ2) is 10.0. The van der Waals surface area contributed by atoms with Gasteiger partial charge in [0.1, 0.15) is 11.5 Å². The van der Waals surface area contributed by atoms with Gasteiger partial charge in [-0.15, -0.1) is 24.0 Å². The Bertz CT molecular complexity index is 710. The lowest BCUT2D eigenvalue weighted by Crippen LogP contribution is -2.22. The molecule has 3 N–H and O–H groups in total. The third-order valence-electron chi connectivity index (χ3n) is 3.23. The van der Waals surface area contributed by atoms with Crippen LogP contribution in [0.2, 0.25) is 0 Å². The first kappa shape index (κ1) is 20.9. The second-order valence-electron chi connectivity index (χ2n) is 5.04. The summed E-state index contributed by atoms with van der Waals surface area (Å²) >= 11 is 0. The maximum absolute atomic E-state index is 12.5. The van der Waals surface area contributed by atoms with E-state index in [1.165, 1.54) is 13.2 Å². The molecule has 2 aromatic carbocycles. The van der Waals surface area contributed by atoms with E-state index in [-0.39, 0.29) is 42.2 Å². The molecule has 8 heteroatoms. The Kier molecular flexibility index (Phi) is 8.39. The summed E-state index contributed by atoms with van der Waals surface area (Å²) < 4.78 is 34.6. The summed E-state index contributed by atoms with van der Waals surface area (Å²) in [5.41, 5.74) is 8.22. The maximum Gasteiger partial charge on any atom is 0.387 e. The number of anilines is 1. The quantitative estimate of drug-likeness (QED) is 0.384. The monoisotopic (exact) mass is 463 g/mol. The molecule has 25 heavy (non-hydrogen) atoms. The molecule has 0 heterocycles. The number of alkyl halides is 2. The number of methoxy groups -OCH3 is 1. The van der Waals surface area contributed by atoms with Crippen LogP contribution >= 0.6 is 24.0 Å². The molecule has 136 valence electrons. The van der Waals surface area contributed by atoms with Crippen LogP contribution in [0.4, 0.5) is 14.5 Å². The number of guanidine groups is 1. The summed E-state index contributed by atoms with van der Waals surface area (Å²) in [6, 6.07) is 12.3. The molecule has 0 radical (unpaired) electrons. The predicted octanol–water partition coefficient (Wildman–Crippen LogP) is 4.15. The molecule has 0 aromatic heterocycles. The molecule has 2 aromatic rings. The predicted molar refractivity (Wildman–Crippen MR) is 105 cm³/mol. The lowest BCUT2D eigenvalue weighted by molar-refractivity contribution is -0.0505. The van der Waals surface area contributed by atoms with Crippen molar-refractivity contribution >= 4 is 35.6 Å². The summed E-state index contributed by atoms with van der Waals surface area (Å²) in [7, 11) is 1.45. The second-order valence-corrected chi connectivity index (χ2v) is 5.04. The minimum atomic E-state index is -2.93. The van der Waals surface area contributed by atoms with Gasteiger partial charge in [0.2, 0.25) is 0 Å². The Labute approximate surface area is 162 Å². The average molecular weight is 463 g/mol. The number of hydrogen-bond donors (Lipinski definition) is 2. The SMILES string of the molecule is COc1ccc(CN=C(N)Nc2ccc(C)cc2)c(OC(F)F)c1.I. The fraction of sp³-hybridized carbons (Fsp3) is 0.235. The molecular weight excluding hydrogens is 443 g/mol. The van der Waals surface area contributed by atoms with Gasteiger partial charge in [-0.05, 0) is 31.2 Å². The zero-order chi connectivity index (χ0) is 17.5. The van der Waals surface area contributed by atoms with Crippen LogP contribution in [0.1, 0.15) is 11.1 Å². The van der Waals surface area contributed by atoms with Crippen molar-refractivity contribution in [1.82, 2.24) is 0 Å². The summed E-state index contributed by atoms with van der Waals surface area (Å²) in [4.78, 5) is 4.15. The van der Waals surface area contributed by atoms with Gasteiger partial charge >= 0.3 is 6.61 Å². The number of hydrogen-bond acceptors (Lipinski definition) is 3. The molecule has 0 aliphatic carbocycles. The molecule has 0 fully saturated rings. The van der Waals surface area contributed by atoms with Crippen molar-refractivity contribution in [2.45, 2.75) is 20.1 Å². The van der Waals surface area contributed by atoms with Gasteiger partial charge in [0.05, 0.1) is 13.7 Å². The fourth-order valence-corrected chi connectivity index (χ4v) is 1.99. The van der Waals surface area contributed by atoms with Crippen molar-refractivity contribution in [1.29, 1.82) is 0 Å². The van der Waals surface area contributed by atoms with Crippen molar-refractivity contribution in [3.63, 3.8) is 0 Å². The molecule has 0 saturated heterocycles. The van der Waals surface area contributed by atoms with E-state index in [1.54, 1.807) is 12.1 Å². The molecule has 0 unspecified atom stereocenters. The lowest BCUT2D eigenvalue weighted by atomic mass is 10.2. The van der Waals surface area contributed by atoms with Crippen LogP contribution in [0, 0.1) is 6.92 Å². The number of nitrogens with one attached hydrogen (secondary N) is 1. The summed E-state index contributed by atoms with van der Waals surface area (Å²) in [6.07, 6.45) is 0. The Morgan fingerprint density at radius 2 is 1.88 bits per heavy atom. The zero-order valence-electron chi connectivity index (χ0n) is 13.8. The fourth-order valence-electron chi connectivity index (χ4n) is 1.99. The highest BCUT2D eigenvalue weighted by Gasteiger charge is 2.11. The number of aryl methyl sites for hydroxylation is 1. The largest absolute Gasteiger partial charge is 0.497 e. The molecule has 0 bridgehead atoms. The third-order valence-corrected chi connectivity index (χ3v) is 3.23. The molecule has 0 atom stereocenters. The Morgan fingerprint density at radius 1 is 1.20 bits per heavy atom. The third kappa shape index (κ3) is 6.73. The van der Waals surface area contributed by atoms with Crippen molar-refractivity contribution < 1.29 is 18.3 Å². The highest BCUT2D eigenvalue weighted by atomic mass is 127. The highest BCUT2D eigenvalue weighted by molar-refractivity contribution is 14.0. The van der Waals surface area contributed by atoms with Gasteiger partial charge in [0.25, 0.3) is 0 Å². The summed E-state index contributed by atoms with van der Waals surface area (Å²) in [5.74, 6) is 0.609. The van der Waals surface area contributed by atoms with Gasteiger partial charge in [0, 0.05) is 17.3 Å². The van der Waals surface area contributed by atoms with E-state index in [1.807, 2.05) is 31.2 Å². The molecule has 0 aliphatic heterocycles. The van der Waals surface area contributed by atoms with Gasteiger partial charge in [-0.1, -0.05) is 17.7 Å². The molecule has 0 amide bonds.